The molecule has 1 saturated heterocycles. The number of aliphatic hydroxyl groups excluding tert-OH is 1. The molecule has 0 aromatic carbocycles. The van der Waals surface area contributed by atoms with E-state index < -0.39 is 0 Å². The molecule has 0 radical (unpaired) electrons. The minimum absolute atomic E-state index is 0.553. The first-order valence-electron chi connectivity index (χ1n) is 6.09. The second kappa shape index (κ2) is 7.52. The normalized spacial score (nSPS) is 20.9. The Morgan fingerprint density at radius 1 is 1.53 bits per heavy atom. The summed E-state index contributed by atoms with van der Waals surface area (Å²) >= 11 is 0. The van der Waals surface area contributed by atoms with E-state index >= 15 is 0 Å². The van der Waals surface area contributed by atoms with Crippen molar-refractivity contribution in [2.75, 3.05) is 13.1 Å². The second-order valence-electron chi connectivity index (χ2n) is 4.14. The number of unbranched alkanes of at least 4 members (excludes halogenated alkanes) is 1. The van der Waals surface area contributed by atoms with Gasteiger partial charge in [-0.15, -0.1) is 0 Å². The Kier molecular flexibility index (Phi) is 6.17. The predicted molar refractivity (Wildman–Crippen MR) is 65.0 cm³/mol. The van der Waals surface area contributed by atoms with Crippen LogP contribution < -0.4 is 5.32 Å². The summed E-state index contributed by atoms with van der Waals surface area (Å²) in [6, 6.07) is 0. The molecule has 0 unspecified atom stereocenters. The van der Waals surface area contributed by atoms with Gasteiger partial charge in [0.1, 0.15) is 0 Å². The highest BCUT2D eigenvalue weighted by Gasteiger charge is 2.02. The molecule has 0 spiro atoms. The van der Waals surface area contributed by atoms with Gasteiger partial charge < -0.3 is 10.4 Å². The number of hydrogen-bond acceptors (Lipinski definition) is 2. The number of hydrogen-bond donors (Lipinski definition) is 2. The standard InChI is InChI=1S/C13H23NO/c1-2-6-13(15)9-4-3-7-12-8-5-10-14-11-12/h6-7,14-15H,2-5,8-11H2,1H3/b12-7+,13-6+. The topological polar surface area (TPSA) is 32.3 Å². The molecule has 1 rings (SSSR count). The van der Waals surface area contributed by atoms with Crippen molar-refractivity contribution >= 4 is 0 Å². The van der Waals surface area contributed by atoms with Crippen LogP contribution in [0.25, 0.3) is 0 Å². The summed E-state index contributed by atoms with van der Waals surface area (Å²) in [5.41, 5.74) is 1.54. The Balaban J connectivity index is 2.12. The molecule has 1 aliphatic rings. The predicted octanol–water partition coefficient (Wildman–Crippen LogP) is 3.32. The van der Waals surface area contributed by atoms with E-state index in [1.165, 1.54) is 12.8 Å². The number of rotatable bonds is 5. The average molecular weight is 209 g/mol. The molecule has 1 heterocycles. The van der Waals surface area contributed by atoms with Gasteiger partial charge in [-0.25, -0.2) is 0 Å². The summed E-state index contributed by atoms with van der Waals surface area (Å²) in [4.78, 5) is 0. The van der Waals surface area contributed by atoms with Crippen LogP contribution in [0.5, 0.6) is 0 Å². The van der Waals surface area contributed by atoms with E-state index in [2.05, 4.69) is 11.4 Å². The van der Waals surface area contributed by atoms with Crippen LogP contribution in [-0.4, -0.2) is 18.2 Å². The Morgan fingerprint density at radius 3 is 3.07 bits per heavy atom. The molecule has 0 amide bonds. The summed E-state index contributed by atoms with van der Waals surface area (Å²) in [7, 11) is 0. The zero-order valence-corrected chi connectivity index (χ0v) is 9.76. The maximum Gasteiger partial charge on any atom is 0.0882 e. The van der Waals surface area contributed by atoms with Gasteiger partial charge in [0.05, 0.1) is 5.76 Å². The number of piperidine rings is 1. The summed E-state index contributed by atoms with van der Waals surface area (Å²) in [5, 5.41) is 12.8. The van der Waals surface area contributed by atoms with Crippen molar-refractivity contribution in [1.82, 2.24) is 5.32 Å². The largest absolute Gasteiger partial charge is 0.513 e. The molecule has 2 N–H and O–H groups in total. The van der Waals surface area contributed by atoms with E-state index in [0.29, 0.717) is 5.76 Å². The fourth-order valence-electron chi connectivity index (χ4n) is 1.88. The Hall–Kier alpha value is -0.760. The summed E-state index contributed by atoms with van der Waals surface area (Å²) < 4.78 is 0. The maximum absolute atomic E-state index is 9.41. The zero-order valence-electron chi connectivity index (χ0n) is 9.76. The lowest BCUT2D eigenvalue weighted by atomic mass is 10.0. The third-order valence-corrected chi connectivity index (χ3v) is 2.71. The molecule has 0 bridgehead atoms. The van der Waals surface area contributed by atoms with E-state index in [9.17, 15) is 5.11 Å². The van der Waals surface area contributed by atoms with Gasteiger partial charge in [-0.2, -0.15) is 0 Å². The van der Waals surface area contributed by atoms with E-state index in [1.807, 2.05) is 13.0 Å². The molecule has 0 saturated carbocycles. The molecule has 1 fully saturated rings. The Morgan fingerprint density at radius 2 is 2.40 bits per heavy atom. The fourth-order valence-corrected chi connectivity index (χ4v) is 1.88. The van der Waals surface area contributed by atoms with Crippen LogP contribution >= 0.6 is 0 Å². The molecule has 0 aliphatic carbocycles. The molecular weight excluding hydrogens is 186 g/mol. The van der Waals surface area contributed by atoms with Crippen LogP contribution in [0.2, 0.25) is 0 Å². The highest BCUT2D eigenvalue weighted by molar-refractivity contribution is 5.06. The molecule has 2 heteroatoms. The summed E-state index contributed by atoms with van der Waals surface area (Å²) in [5.74, 6) is 0.553. The van der Waals surface area contributed by atoms with Gasteiger partial charge in [0, 0.05) is 13.0 Å². The highest BCUT2D eigenvalue weighted by Crippen LogP contribution is 2.12. The first kappa shape index (κ1) is 12.3. The van der Waals surface area contributed by atoms with Crippen molar-refractivity contribution in [2.45, 2.75) is 45.4 Å². The lowest BCUT2D eigenvalue weighted by Crippen LogP contribution is -2.23. The van der Waals surface area contributed by atoms with Gasteiger partial charge in [-0.05, 0) is 44.7 Å². The molecule has 0 atom stereocenters. The molecule has 1 aliphatic heterocycles. The van der Waals surface area contributed by atoms with Crippen molar-refractivity contribution in [3.05, 3.63) is 23.5 Å². The number of nitrogens with one attached hydrogen (secondary N) is 1. The van der Waals surface area contributed by atoms with Gasteiger partial charge in [-0.1, -0.05) is 18.6 Å². The molecule has 2 nitrogen and oxygen atoms in total. The van der Waals surface area contributed by atoms with Crippen LogP contribution in [0.4, 0.5) is 0 Å². The van der Waals surface area contributed by atoms with Crippen molar-refractivity contribution in [3.63, 3.8) is 0 Å². The molecular formula is C13H23NO. The van der Waals surface area contributed by atoms with E-state index in [0.717, 1.165) is 38.8 Å². The lowest BCUT2D eigenvalue weighted by molar-refractivity contribution is 0.382. The number of aliphatic hydroxyl groups is 1. The summed E-state index contributed by atoms with van der Waals surface area (Å²) in [6.45, 7) is 4.28. The lowest BCUT2D eigenvalue weighted by Gasteiger charge is -2.15. The smallest absolute Gasteiger partial charge is 0.0882 e. The molecule has 0 aromatic heterocycles. The van der Waals surface area contributed by atoms with Gasteiger partial charge in [0.25, 0.3) is 0 Å². The fraction of sp³-hybridized carbons (Fsp3) is 0.692. The maximum atomic E-state index is 9.41. The van der Waals surface area contributed by atoms with E-state index in [1.54, 1.807) is 5.57 Å². The second-order valence-corrected chi connectivity index (χ2v) is 4.14. The first-order chi connectivity index (χ1) is 7.33. The van der Waals surface area contributed by atoms with Gasteiger partial charge in [0.2, 0.25) is 0 Å². The Labute approximate surface area is 93.1 Å². The zero-order chi connectivity index (χ0) is 10.9. The van der Waals surface area contributed by atoms with Crippen molar-refractivity contribution in [3.8, 4) is 0 Å². The molecule has 15 heavy (non-hydrogen) atoms. The SMILES string of the molecule is CC/C=C(/O)CCC/C=C1\CCCNC1. The van der Waals surface area contributed by atoms with Gasteiger partial charge in [-0.3, -0.25) is 0 Å². The van der Waals surface area contributed by atoms with Crippen LogP contribution in [-0.2, 0) is 0 Å². The molecule has 0 aromatic rings. The van der Waals surface area contributed by atoms with E-state index in [4.69, 9.17) is 0 Å². The third kappa shape index (κ3) is 5.63. The average Bonchev–Trinajstić information content (AvgIpc) is 2.26. The number of allylic oxidation sites excluding steroid dienone is 3. The highest BCUT2D eigenvalue weighted by atomic mass is 16.3. The van der Waals surface area contributed by atoms with Crippen LogP contribution in [0.15, 0.2) is 23.5 Å². The van der Waals surface area contributed by atoms with Crippen LogP contribution in [0, 0.1) is 0 Å². The minimum Gasteiger partial charge on any atom is -0.513 e. The molecule has 86 valence electrons. The first-order valence-corrected chi connectivity index (χ1v) is 6.09. The van der Waals surface area contributed by atoms with E-state index in [-0.39, 0.29) is 0 Å². The van der Waals surface area contributed by atoms with Crippen LogP contribution in [0.1, 0.15) is 45.4 Å². The summed E-state index contributed by atoms with van der Waals surface area (Å²) in [6.07, 6.45) is 10.7. The Bertz CT molecular complexity index is 223. The minimum atomic E-state index is 0.553. The van der Waals surface area contributed by atoms with Gasteiger partial charge in [0.15, 0.2) is 0 Å². The van der Waals surface area contributed by atoms with Crippen molar-refractivity contribution in [1.29, 1.82) is 0 Å². The van der Waals surface area contributed by atoms with Crippen molar-refractivity contribution in [2.24, 2.45) is 0 Å². The third-order valence-electron chi connectivity index (χ3n) is 2.71. The van der Waals surface area contributed by atoms with Crippen LogP contribution in [0.3, 0.4) is 0 Å². The monoisotopic (exact) mass is 209 g/mol. The van der Waals surface area contributed by atoms with Gasteiger partial charge >= 0.3 is 0 Å². The quantitative estimate of drug-likeness (QED) is 0.413. The van der Waals surface area contributed by atoms with Crippen molar-refractivity contribution < 1.29 is 5.11 Å².